The van der Waals surface area contributed by atoms with Crippen LogP contribution in [0.25, 0.3) is 0 Å². The zero-order valence-electron chi connectivity index (χ0n) is 8.99. The average molecular weight is 282 g/mol. The summed E-state index contributed by atoms with van der Waals surface area (Å²) in [7, 11) is -3.39. The molecular formula is C9H12ClNO3S2. The molecule has 0 fully saturated rings. The summed E-state index contributed by atoms with van der Waals surface area (Å²) in [5.74, 6) is -0.218. The van der Waals surface area contributed by atoms with E-state index in [0.717, 1.165) is 17.8 Å². The van der Waals surface area contributed by atoms with E-state index in [2.05, 4.69) is 4.98 Å². The topological polar surface area (TPSA) is 64.1 Å². The van der Waals surface area contributed by atoms with E-state index < -0.39 is 9.84 Å². The van der Waals surface area contributed by atoms with Crippen LogP contribution >= 0.6 is 22.9 Å². The Morgan fingerprint density at radius 3 is 2.56 bits per heavy atom. The maximum absolute atomic E-state index is 11.8. The summed E-state index contributed by atoms with van der Waals surface area (Å²) >= 11 is 6.54. The molecule has 1 heterocycles. The Bertz CT molecular complexity index is 493. The van der Waals surface area contributed by atoms with Gasteiger partial charge in [0.25, 0.3) is 0 Å². The summed E-state index contributed by atoms with van der Waals surface area (Å²) < 4.78 is 23.5. The molecule has 4 nitrogen and oxygen atoms in total. The average Bonchev–Trinajstić information content (AvgIpc) is 2.58. The normalized spacial score (nSPS) is 11.7. The van der Waals surface area contributed by atoms with Crippen molar-refractivity contribution in [2.24, 2.45) is 0 Å². The van der Waals surface area contributed by atoms with Gasteiger partial charge in [0.05, 0.1) is 5.75 Å². The molecule has 0 atom stereocenters. The minimum atomic E-state index is -3.39. The van der Waals surface area contributed by atoms with Crippen molar-refractivity contribution in [1.82, 2.24) is 4.98 Å². The molecule has 0 spiro atoms. The molecule has 0 aliphatic heterocycles. The van der Waals surface area contributed by atoms with Crippen LogP contribution in [0.3, 0.4) is 0 Å². The number of Topliss-reactive ketones (excluding diaryl/α,β-unsaturated/α-hetero) is 1. The first-order valence-electron chi connectivity index (χ1n) is 4.78. The van der Waals surface area contributed by atoms with Gasteiger partial charge in [-0.25, -0.2) is 13.4 Å². The number of hydrogen-bond donors (Lipinski definition) is 0. The van der Waals surface area contributed by atoms with Crippen molar-refractivity contribution in [2.45, 2.75) is 31.0 Å². The second-order valence-corrected chi connectivity index (χ2v) is 6.97. The van der Waals surface area contributed by atoms with Crippen LogP contribution in [0.4, 0.5) is 0 Å². The maximum Gasteiger partial charge on any atom is 0.211 e. The number of carbonyl (C=O) groups is 1. The summed E-state index contributed by atoms with van der Waals surface area (Å²) in [4.78, 5) is 15.0. The summed E-state index contributed by atoms with van der Waals surface area (Å²) in [6, 6.07) is 0. The van der Waals surface area contributed by atoms with Crippen molar-refractivity contribution in [2.75, 3.05) is 5.75 Å². The maximum atomic E-state index is 11.8. The van der Waals surface area contributed by atoms with Crippen LogP contribution in [-0.2, 0) is 9.84 Å². The molecule has 0 bridgehead atoms. The molecule has 0 saturated heterocycles. The third kappa shape index (κ3) is 3.02. The number of sulfone groups is 1. The number of hydrogen-bond acceptors (Lipinski definition) is 5. The van der Waals surface area contributed by atoms with E-state index >= 15 is 0 Å². The van der Waals surface area contributed by atoms with Crippen LogP contribution in [-0.4, -0.2) is 24.9 Å². The van der Waals surface area contributed by atoms with Crippen LogP contribution in [0.15, 0.2) is 4.34 Å². The van der Waals surface area contributed by atoms with Gasteiger partial charge in [-0.3, -0.25) is 4.79 Å². The van der Waals surface area contributed by atoms with Gasteiger partial charge in [-0.1, -0.05) is 36.3 Å². The number of nitrogens with zero attached hydrogens (tertiary/aromatic N) is 1. The van der Waals surface area contributed by atoms with Crippen LogP contribution in [0.2, 0.25) is 5.15 Å². The van der Waals surface area contributed by atoms with E-state index in [-0.39, 0.29) is 25.9 Å². The van der Waals surface area contributed by atoms with Gasteiger partial charge >= 0.3 is 0 Å². The van der Waals surface area contributed by atoms with Gasteiger partial charge in [-0.15, -0.1) is 0 Å². The summed E-state index contributed by atoms with van der Waals surface area (Å²) in [6.07, 6.45) is 1.37. The van der Waals surface area contributed by atoms with Gasteiger partial charge in [0, 0.05) is 6.92 Å². The Labute approximate surface area is 104 Å². The molecule has 0 amide bonds. The van der Waals surface area contributed by atoms with E-state index in [1.165, 1.54) is 6.92 Å². The summed E-state index contributed by atoms with van der Waals surface area (Å²) in [5, 5.41) is -0.0208. The quantitative estimate of drug-likeness (QED) is 0.778. The third-order valence-corrected chi connectivity index (χ3v) is 5.72. The molecule has 0 unspecified atom stereocenters. The number of thiazole rings is 1. The van der Waals surface area contributed by atoms with Crippen molar-refractivity contribution in [3.05, 3.63) is 10.0 Å². The second-order valence-electron chi connectivity index (χ2n) is 3.33. The van der Waals surface area contributed by atoms with Gasteiger partial charge in [-0.2, -0.15) is 0 Å². The van der Waals surface area contributed by atoms with E-state index in [9.17, 15) is 13.2 Å². The SMILES string of the molecule is CCCCS(=O)(=O)c1nc(Cl)c(C(C)=O)s1. The van der Waals surface area contributed by atoms with Gasteiger partial charge in [-0.05, 0) is 6.42 Å². The summed E-state index contributed by atoms with van der Waals surface area (Å²) in [5.41, 5.74) is 0. The highest BCUT2D eigenvalue weighted by molar-refractivity contribution is 7.93. The minimum Gasteiger partial charge on any atom is -0.293 e. The molecule has 0 aliphatic rings. The highest BCUT2D eigenvalue weighted by Gasteiger charge is 2.22. The molecular weight excluding hydrogens is 270 g/mol. The lowest BCUT2D eigenvalue weighted by Gasteiger charge is -1.97. The molecule has 7 heteroatoms. The molecule has 0 radical (unpaired) electrons. The fourth-order valence-electron chi connectivity index (χ4n) is 1.05. The van der Waals surface area contributed by atoms with Crippen LogP contribution in [0.5, 0.6) is 0 Å². The zero-order chi connectivity index (χ0) is 12.3. The lowest BCUT2D eigenvalue weighted by molar-refractivity contribution is 0.102. The molecule has 0 aliphatic carbocycles. The van der Waals surface area contributed by atoms with Crippen molar-refractivity contribution in [1.29, 1.82) is 0 Å². The number of aromatic nitrogens is 1. The van der Waals surface area contributed by atoms with Gasteiger partial charge < -0.3 is 0 Å². The van der Waals surface area contributed by atoms with E-state index in [1.54, 1.807) is 0 Å². The smallest absolute Gasteiger partial charge is 0.211 e. The highest BCUT2D eigenvalue weighted by atomic mass is 35.5. The first kappa shape index (κ1) is 13.6. The largest absolute Gasteiger partial charge is 0.293 e. The molecule has 1 aromatic heterocycles. The Hall–Kier alpha value is -0.460. The van der Waals surface area contributed by atoms with Crippen molar-refractivity contribution in [3.63, 3.8) is 0 Å². The number of rotatable bonds is 5. The molecule has 0 saturated carbocycles. The molecule has 0 aromatic carbocycles. The number of ketones is 1. The van der Waals surface area contributed by atoms with Crippen LogP contribution in [0, 0.1) is 0 Å². The summed E-state index contributed by atoms with van der Waals surface area (Å²) in [6.45, 7) is 3.24. The Kier molecular flexibility index (Phi) is 4.46. The molecule has 90 valence electrons. The third-order valence-electron chi connectivity index (χ3n) is 1.92. The molecule has 1 aromatic rings. The first-order chi connectivity index (χ1) is 7.38. The number of carbonyl (C=O) groups excluding carboxylic acids is 1. The first-order valence-corrected chi connectivity index (χ1v) is 7.63. The monoisotopic (exact) mass is 281 g/mol. The van der Waals surface area contributed by atoms with Gasteiger partial charge in [0.15, 0.2) is 10.9 Å². The fourth-order valence-corrected chi connectivity index (χ4v) is 4.16. The minimum absolute atomic E-state index is 0.0208. The van der Waals surface area contributed by atoms with Crippen molar-refractivity contribution >= 4 is 38.6 Å². The Balaban J connectivity index is 3.06. The van der Waals surface area contributed by atoms with Crippen molar-refractivity contribution in [3.8, 4) is 0 Å². The van der Waals surface area contributed by atoms with Crippen LogP contribution < -0.4 is 0 Å². The number of unbranched alkanes of at least 4 members (excludes halogenated alkanes) is 1. The van der Waals surface area contributed by atoms with E-state index in [4.69, 9.17) is 11.6 Å². The Morgan fingerprint density at radius 1 is 1.50 bits per heavy atom. The molecule has 1 rings (SSSR count). The van der Waals surface area contributed by atoms with Gasteiger partial charge in [0.1, 0.15) is 4.88 Å². The zero-order valence-corrected chi connectivity index (χ0v) is 11.4. The lowest BCUT2D eigenvalue weighted by Crippen LogP contribution is -2.05. The lowest BCUT2D eigenvalue weighted by atomic mass is 10.4. The second kappa shape index (κ2) is 5.25. The Morgan fingerprint density at radius 2 is 2.12 bits per heavy atom. The number of halogens is 1. The highest BCUT2D eigenvalue weighted by Crippen LogP contribution is 2.27. The predicted molar refractivity (Wildman–Crippen MR) is 64.1 cm³/mol. The van der Waals surface area contributed by atoms with Crippen LogP contribution in [0.1, 0.15) is 36.4 Å². The predicted octanol–water partition coefficient (Wildman–Crippen LogP) is 2.57. The standard InChI is InChI=1S/C9H12ClNO3S2/c1-3-4-5-16(13,14)9-11-8(10)7(15-9)6(2)12/h3-5H2,1-2H3. The van der Waals surface area contributed by atoms with Gasteiger partial charge in [0.2, 0.25) is 14.2 Å². The van der Waals surface area contributed by atoms with E-state index in [1.807, 2.05) is 6.92 Å². The fraction of sp³-hybridized carbons (Fsp3) is 0.556. The van der Waals surface area contributed by atoms with E-state index in [0.29, 0.717) is 6.42 Å². The van der Waals surface area contributed by atoms with Crippen molar-refractivity contribution < 1.29 is 13.2 Å². The molecule has 16 heavy (non-hydrogen) atoms. The molecule has 0 N–H and O–H groups in total.